The number of quaternary nitrogens is 1. The Morgan fingerprint density at radius 2 is 2.20 bits per heavy atom. The van der Waals surface area contributed by atoms with Crippen LogP contribution in [-0.2, 0) is 6.54 Å². The van der Waals surface area contributed by atoms with E-state index < -0.39 is 0 Å². The maximum Gasteiger partial charge on any atom is 0.169 e. The third-order valence-electron chi connectivity index (χ3n) is 3.62. The van der Waals surface area contributed by atoms with E-state index in [1.165, 1.54) is 34.6 Å². The maximum absolute atomic E-state index is 5.46. The summed E-state index contributed by atoms with van der Waals surface area (Å²) >= 11 is 10.8. The van der Waals surface area contributed by atoms with Crippen molar-refractivity contribution in [3.05, 3.63) is 20.8 Å². The molecule has 1 aliphatic heterocycles. The summed E-state index contributed by atoms with van der Waals surface area (Å²) in [5.74, 6) is 0. The molecule has 1 aliphatic rings. The van der Waals surface area contributed by atoms with Gasteiger partial charge in [-0.15, -0.1) is 11.3 Å². The Labute approximate surface area is 139 Å². The van der Waals surface area contributed by atoms with E-state index in [1.807, 2.05) is 11.3 Å². The van der Waals surface area contributed by atoms with Crippen LogP contribution < -0.4 is 10.2 Å². The first-order chi connectivity index (χ1) is 9.69. The summed E-state index contributed by atoms with van der Waals surface area (Å²) in [5.41, 5.74) is 0. The molecule has 0 atom stereocenters. The van der Waals surface area contributed by atoms with Crippen molar-refractivity contribution in [2.24, 2.45) is 0 Å². The highest BCUT2D eigenvalue weighted by molar-refractivity contribution is 9.11. The van der Waals surface area contributed by atoms with Crippen molar-refractivity contribution >= 4 is 44.6 Å². The van der Waals surface area contributed by atoms with Crippen molar-refractivity contribution in [2.45, 2.75) is 26.3 Å². The molecular weight excluding hydrogens is 354 g/mol. The molecule has 1 saturated heterocycles. The zero-order valence-corrected chi connectivity index (χ0v) is 15.2. The van der Waals surface area contributed by atoms with Gasteiger partial charge >= 0.3 is 0 Å². The Kier molecular flexibility index (Phi) is 6.74. The second-order valence-electron chi connectivity index (χ2n) is 5.21. The average molecular weight is 377 g/mol. The molecule has 112 valence electrons. The molecule has 1 fully saturated rings. The fourth-order valence-corrected chi connectivity index (χ4v) is 4.22. The van der Waals surface area contributed by atoms with Crippen LogP contribution in [0.5, 0.6) is 0 Å². The minimum Gasteiger partial charge on any atom is -0.363 e. The average Bonchev–Trinajstić information content (AvgIpc) is 2.85. The number of unbranched alkanes of at least 4 members (excludes halogenated alkanes) is 1. The van der Waals surface area contributed by atoms with Gasteiger partial charge in [0.25, 0.3) is 0 Å². The lowest BCUT2D eigenvalue weighted by molar-refractivity contribution is -0.917. The molecule has 3 nitrogen and oxygen atoms in total. The van der Waals surface area contributed by atoms with Crippen LogP contribution in [0.4, 0.5) is 0 Å². The highest BCUT2D eigenvalue weighted by atomic mass is 79.9. The van der Waals surface area contributed by atoms with E-state index in [4.69, 9.17) is 12.2 Å². The van der Waals surface area contributed by atoms with Crippen molar-refractivity contribution in [1.29, 1.82) is 0 Å². The van der Waals surface area contributed by atoms with Crippen LogP contribution in [0.25, 0.3) is 0 Å². The number of thiocarbonyl (C=S) groups is 1. The van der Waals surface area contributed by atoms with E-state index in [0.717, 1.165) is 31.3 Å². The molecule has 0 bridgehead atoms. The zero-order valence-electron chi connectivity index (χ0n) is 12.0. The lowest BCUT2D eigenvalue weighted by Gasteiger charge is -2.33. The van der Waals surface area contributed by atoms with Gasteiger partial charge in [0, 0.05) is 6.54 Å². The van der Waals surface area contributed by atoms with Crippen molar-refractivity contribution < 1.29 is 4.90 Å². The van der Waals surface area contributed by atoms with Crippen molar-refractivity contribution in [3.63, 3.8) is 0 Å². The largest absolute Gasteiger partial charge is 0.363 e. The summed E-state index contributed by atoms with van der Waals surface area (Å²) in [6, 6.07) is 4.37. The predicted molar refractivity (Wildman–Crippen MR) is 93.5 cm³/mol. The summed E-state index contributed by atoms with van der Waals surface area (Å²) in [7, 11) is 0. The Hall–Kier alpha value is -0.170. The van der Waals surface area contributed by atoms with Gasteiger partial charge in [-0.1, -0.05) is 13.3 Å². The Morgan fingerprint density at radius 3 is 2.80 bits per heavy atom. The molecule has 0 amide bonds. The lowest BCUT2D eigenvalue weighted by Crippen LogP contribution is -3.13. The van der Waals surface area contributed by atoms with E-state index in [9.17, 15) is 0 Å². The van der Waals surface area contributed by atoms with Crippen LogP contribution in [-0.4, -0.2) is 42.7 Å². The minimum absolute atomic E-state index is 0.941. The Balaban J connectivity index is 1.70. The quantitative estimate of drug-likeness (QED) is 0.604. The van der Waals surface area contributed by atoms with E-state index in [0.29, 0.717) is 0 Å². The molecule has 0 unspecified atom stereocenters. The number of hydrogen-bond acceptors (Lipinski definition) is 2. The number of halogens is 1. The van der Waals surface area contributed by atoms with Gasteiger partial charge in [0.15, 0.2) is 5.11 Å². The molecule has 2 rings (SSSR count). The van der Waals surface area contributed by atoms with E-state index in [2.05, 4.69) is 45.2 Å². The molecule has 2 heterocycles. The molecule has 0 aromatic carbocycles. The number of thiophene rings is 1. The van der Waals surface area contributed by atoms with Crippen LogP contribution >= 0.6 is 39.5 Å². The third-order valence-corrected chi connectivity index (χ3v) is 5.64. The number of piperazine rings is 1. The predicted octanol–water partition coefficient (Wildman–Crippen LogP) is 1.89. The second kappa shape index (κ2) is 8.32. The molecule has 2 N–H and O–H groups in total. The van der Waals surface area contributed by atoms with Gasteiger partial charge in [0.1, 0.15) is 6.54 Å². The molecule has 0 spiro atoms. The smallest absolute Gasteiger partial charge is 0.169 e. The highest BCUT2D eigenvalue weighted by Gasteiger charge is 2.21. The molecule has 6 heteroatoms. The van der Waals surface area contributed by atoms with Gasteiger partial charge in [-0.2, -0.15) is 0 Å². The topological polar surface area (TPSA) is 19.7 Å². The second-order valence-corrected chi connectivity index (χ2v) is 8.14. The van der Waals surface area contributed by atoms with Crippen LogP contribution in [0.3, 0.4) is 0 Å². The van der Waals surface area contributed by atoms with Gasteiger partial charge in [0.2, 0.25) is 0 Å². The van der Waals surface area contributed by atoms with Gasteiger partial charge in [-0.05, 0) is 46.7 Å². The summed E-state index contributed by atoms with van der Waals surface area (Å²) in [6.45, 7) is 8.83. The molecule has 0 saturated carbocycles. The van der Waals surface area contributed by atoms with Gasteiger partial charge in [-0.25, -0.2) is 0 Å². The fraction of sp³-hybridized carbons (Fsp3) is 0.643. The first-order valence-electron chi connectivity index (χ1n) is 7.29. The van der Waals surface area contributed by atoms with Gasteiger partial charge in [-0.3, -0.25) is 0 Å². The Morgan fingerprint density at radius 1 is 1.45 bits per heavy atom. The van der Waals surface area contributed by atoms with E-state index in [-0.39, 0.29) is 0 Å². The maximum atomic E-state index is 5.46. The molecule has 0 aliphatic carbocycles. The normalized spacial score (nSPS) is 16.4. The summed E-state index contributed by atoms with van der Waals surface area (Å²) in [5, 5.41) is 4.31. The highest BCUT2D eigenvalue weighted by Crippen LogP contribution is 2.21. The lowest BCUT2D eigenvalue weighted by atomic mass is 10.3. The monoisotopic (exact) mass is 376 g/mol. The number of nitrogens with one attached hydrogen (secondary N) is 2. The van der Waals surface area contributed by atoms with Gasteiger partial charge < -0.3 is 15.1 Å². The van der Waals surface area contributed by atoms with Crippen molar-refractivity contribution in [1.82, 2.24) is 10.2 Å². The SMILES string of the molecule is CCCCNC(=S)N1CC[NH+](Cc2ccc(Br)s2)CC1. The zero-order chi connectivity index (χ0) is 14.4. The van der Waals surface area contributed by atoms with Gasteiger partial charge in [0.05, 0.1) is 34.8 Å². The fourth-order valence-electron chi connectivity index (χ4n) is 2.38. The van der Waals surface area contributed by atoms with Crippen LogP contribution in [0.15, 0.2) is 15.9 Å². The minimum atomic E-state index is 0.941. The first kappa shape index (κ1) is 16.2. The molecular formula is C14H23BrN3S2+. The molecule has 20 heavy (non-hydrogen) atoms. The Bertz CT molecular complexity index is 428. The molecule has 1 aromatic heterocycles. The number of rotatable bonds is 5. The van der Waals surface area contributed by atoms with E-state index in [1.54, 1.807) is 4.90 Å². The van der Waals surface area contributed by atoms with Crippen LogP contribution in [0.2, 0.25) is 0 Å². The summed E-state index contributed by atoms with van der Waals surface area (Å²) in [6.07, 6.45) is 2.41. The summed E-state index contributed by atoms with van der Waals surface area (Å²) in [4.78, 5) is 5.44. The van der Waals surface area contributed by atoms with Crippen LogP contribution in [0.1, 0.15) is 24.6 Å². The van der Waals surface area contributed by atoms with Crippen molar-refractivity contribution in [2.75, 3.05) is 32.7 Å². The third kappa shape index (κ3) is 4.98. The summed E-state index contributed by atoms with van der Waals surface area (Å²) < 4.78 is 1.23. The standard InChI is InChI=1S/C14H22BrN3S2/c1-2-3-6-16-14(19)18-9-7-17(8-10-18)11-12-4-5-13(15)20-12/h4-5H,2-3,6-11H2,1H3,(H,16,19)/p+1. The first-order valence-corrected chi connectivity index (χ1v) is 9.31. The molecule has 0 radical (unpaired) electrons. The van der Waals surface area contributed by atoms with Crippen molar-refractivity contribution in [3.8, 4) is 0 Å². The van der Waals surface area contributed by atoms with Crippen LogP contribution in [0, 0.1) is 0 Å². The van der Waals surface area contributed by atoms with E-state index >= 15 is 0 Å². The number of hydrogen-bond donors (Lipinski definition) is 2. The number of nitrogens with zero attached hydrogens (tertiary/aromatic N) is 1. The molecule has 1 aromatic rings.